The highest BCUT2D eigenvalue weighted by Crippen LogP contribution is 2.44. The number of benzene rings is 3. The summed E-state index contributed by atoms with van der Waals surface area (Å²) < 4.78 is 11.2. The van der Waals surface area contributed by atoms with Crippen molar-refractivity contribution in [3.05, 3.63) is 83.4 Å². The average Bonchev–Trinajstić information content (AvgIpc) is 3.15. The van der Waals surface area contributed by atoms with Crippen molar-refractivity contribution in [2.75, 3.05) is 25.1 Å². The molecule has 0 unspecified atom stereocenters. The van der Waals surface area contributed by atoms with Crippen molar-refractivity contribution in [2.45, 2.75) is 18.8 Å². The topological polar surface area (TPSA) is 105 Å². The molecular formula is C26H25NO6. The van der Waals surface area contributed by atoms with Crippen LogP contribution in [0.4, 0.5) is 10.5 Å². The predicted molar refractivity (Wildman–Crippen MR) is 124 cm³/mol. The highest BCUT2D eigenvalue weighted by molar-refractivity contribution is 5.92. The number of carbonyl (C=O) groups is 2. The van der Waals surface area contributed by atoms with Crippen molar-refractivity contribution >= 4 is 17.7 Å². The fourth-order valence-corrected chi connectivity index (χ4v) is 4.02. The number of hydrogen-bond acceptors (Lipinski definition) is 5. The van der Waals surface area contributed by atoms with Gasteiger partial charge in [-0.05, 0) is 53.3 Å². The quantitative estimate of drug-likeness (QED) is 0.403. The van der Waals surface area contributed by atoms with E-state index in [1.54, 1.807) is 0 Å². The van der Waals surface area contributed by atoms with Crippen LogP contribution in [-0.4, -0.2) is 42.1 Å². The number of aliphatic hydroxyl groups excluding tert-OH is 1. The zero-order chi connectivity index (χ0) is 23.2. The molecule has 3 N–H and O–H groups in total. The largest absolute Gasteiger partial charge is 0.491 e. The Morgan fingerprint density at radius 2 is 1.58 bits per heavy atom. The van der Waals surface area contributed by atoms with E-state index in [2.05, 4.69) is 17.4 Å². The van der Waals surface area contributed by atoms with E-state index in [0.717, 1.165) is 22.3 Å². The van der Waals surface area contributed by atoms with Crippen molar-refractivity contribution in [2.24, 2.45) is 0 Å². The lowest BCUT2D eigenvalue weighted by Crippen LogP contribution is -2.18. The van der Waals surface area contributed by atoms with Crippen LogP contribution in [0.5, 0.6) is 5.75 Å². The molecule has 0 fully saturated rings. The van der Waals surface area contributed by atoms with Gasteiger partial charge in [0.1, 0.15) is 12.4 Å². The minimum absolute atomic E-state index is 0.0450. The first-order valence-electron chi connectivity index (χ1n) is 10.8. The number of carboxylic acid groups (broad SMARTS) is 1. The number of nitrogens with one attached hydrogen (secondary N) is 1. The van der Waals surface area contributed by atoms with E-state index in [-0.39, 0.29) is 37.1 Å². The molecule has 1 amide bonds. The van der Waals surface area contributed by atoms with Gasteiger partial charge in [0.15, 0.2) is 0 Å². The van der Waals surface area contributed by atoms with E-state index in [1.165, 1.54) is 18.2 Å². The van der Waals surface area contributed by atoms with Gasteiger partial charge in [-0.2, -0.15) is 0 Å². The summed E-state index contributed by atoms with van der Waals surface area (Å²) in [6, 6.07) is 20.4. The molecule has 3 aromatic carbocycles. The molecule has 0 radical (unpaired) electrons. The summed E-state index contributed by atoms with van der Waals surface area (Å²) in [5.41, 5.74) is 4.89. The molecule has 3 aromatic rings. The van der Waals surface area contributed by atoms with Crippen molar-refractivity contribution in [1.29, 1.82) is 0 Å². The summed E-state index contributed by atoms with van der Waals surface area (Å²) in [6.07, 6.45) is 0.506. The summed E-state index contributed by atoms with van der Waals surface area (Å²) in [5.74, 6) is -0.920. The molecule has 0 heterocycles. The molecule has 0 aromatic heterocycles. The number of fused-ring (bicyclic) bond motifs is 3. The van der Waals surface area contributed by atoms with Crippen LogP contribution < -0.4 is 10.1 Å². The zero-order valence-electron chi connectivity index (χ0n) is 18.0. The minimum Gasteiger partial charge on any atom is -0.491 e. The fraction of sp³-hybridized carbons (Fsp3) is 0.231. The highest BCUT2D eigenvalue weighted by atomic mass is 16.5. The molecule has 7 nitrogen and oxygen atoms in total. The molecular weight excluding hydrogens is 422 g/mol. The van der Waals surface area contributed by atoms with E-state index < -0.39 is 12.1 Å². The Balaban J connectivity index is 1.45. The van der Waals surface area contributed by atoms with Gasteiger partial charge in [0, 0.05) is 12.5 Å². The number of aromatic carboxylic acids is 1. The Bertz CT molecular complexity index is 1110. The second-order valence-corrected chi connectivity index (χ2v) is 7.75. The maximum atomic E-state index is 12.6. The molecule has 4 rings (SSSR count). The third-order valence-electron chi connectivity index (χ3n) is 5.62. The van der Waals surface area contributed by atoms with Crippen LogP contribution >= 0.6 is 0 Å². The molecule has 0 saturated carbocycles. The summed E-state index contributed by atoms with van der Waals surface area (Å²) in [7, 11) is 0. The fourth-order valence-electron chi connectivity index (χ4n) is 4.02. The smallest absolute Gasteiger partial charge is 0.411 e. The molecule has 0 saturated heterocycles. The van der Waals surface area contributed by atoms with E-state index in [0.29, 0.717) is 18.5 Å². The van der Waals surface area contributed by atoms with Crippen molar-refractivity contribution in [3.63, 3.8) is 0 Å². The number of rotatable bonds is 9. The zero-order valence-corrected chi connectivity index (χ0v) is 18.0. The molecule has 33 heavy (non-hydrogen) atoms. The Kier molecular flexibility index (Phi) is 6.90. The second kappa shape index (κ2) is 10.2. The number of hydrogen-bond donors (Lipinski definition) is 3. The van der Waals surface area contributed by atoms with Crippen LogP contribution in [0, 0.1) is 0 Å². The monoisotopic (exact) mass is 447 g/mol. The van der Waals surface area contributed by atoms with E-state index in [4.69, 9.17) is 14.6 Å². The third kappa shape index (κ3) is 4.99. The first-order chi connectivity index (χ1) is 16.1. The number of amides is 1. The van der Waals surface area contributed by atoms with Gasteiger partial charge < -0.3 is 19.7 Å². The number of unbranched alkanes of at least 4 members (excludes halogenated alkanes) is 1. The first-order valence-corrected chi connectivity index (χ1v) is 10.8. The Labute approximate surface area is 191 Å². The molecule has 1 aliphatic carbocycles. The first kappa shape index (κ1) is 22.4. The van der Waals surface area contributed by atoms with Crippen LogP contribution in [0.2, 0.25) is 0 Å². The van der Waals surface area contributed by atoms with E-state index >= 15 is 0 Å². The summed E-state index contributed by atoms with van der Waals surface area (Å²) in [6.45, 7) is 0.492. The van der Waals surface area contributed by atoms with Gasteiger partial charge in [0.2, 0.25) is 0 Å². The molecule has 0 bridgehead atoms. The van der Waals surface area contributed by atoms with Gasteiger partial charge in [-0.1, -0.05) is 48.5 Å². The van der Waals surface area contributed by atoms with Gasteiger partial charge in [-0.25, -0.2) is 9.59 Å². The number of anilines is 1. The van der Waals surface area contributed by atoms with Gasteiger partial charge in [-0.15, -0.1) is 0 Å². The molecule has 170 valence electrons. The number of carbonyl (C=O) groups excluding carboxylic acids is 1. The van der Waals surface area contributed by atoms with Crippen molar-refractivity contribution < 1.29 is 29.3 Å². The maximum Gasteiger partial charge on any atom is 0.411 e. The SMILES string of the molecule is O=C(Nc1ccc(C(=O)O)cc1OCCCCO)OCC1c2ccccc2-c2ccccc21. The molecule has 0 spiro atoms. The second-order valence-electron chi connectivity index (χ2n) is 7.75. The lowest BCUT2D eigenvalue weighted by atomic mass is 9.98. The van der Waals surface area contributed by atoms with E-state index in [1.807, 2.05) is 36.4 Å². The van der Waals surface area contributed by atoms with Crippen LogP contribution in [0.25, 0.3) is 11.1 Å². The van der Waals surface area contributed by atoms with Crippen LogP contribution in [-0.2, 0) is 4.74 Å². The maximum absolute atomic E-state index is 12.6. The lowest BCUT2D eigenvalue weighted by Gasteiger charge is -2.16. The van der Waals surface area contributed by atoms with Crippen LogP contribution in [0.15, 0.2) is 66.7 Å². The molecule has 1 aliphatic rings. The van der Waals surface area contributed by atoms with Crippen molar-refractivity contribution in [3.8, 4) is 16.9 Å². The predicted octanol–water partition coefficient (Wildman–Crippen LogP) is 4.90. The Morgan fingerprint density at radius 1 is 0.909 bits per heavy atom. The standard InChI is InChI=1S/C26H25NO6/c28-13-5-6-14-32-24-15-17(25(29)30)11-12-23(24)27-26(31)33-16-22-20-9-3-1-7-18(20)19-8-2-4-10-21(19)22/h1-4,7-12,15,22,28H,5-6,13-14,16H2,(H,27,31)(H,29,30). The van der Waals surface area contributed by atoms with Gasteiger partial charge in [-0.3, -0.25) is 5.32 Å². The van der Waals surface area contributed by atoms with Gasteiger partial charge in [0.25, 0.3) is 0 Å². The number of ether oxygens (including phenoxy) is 2. The minimum atomic E-state index is -1.09. The van der Waals surface area contributed by atoms with Crippen molar-refractivity contribution in [1.82, 2.24) is 0 Å². The summed E-state index contributed by atoms with van der Waals surface area (Å²) in [5, 5.41) is 20.8. The normalized spacial score (nSPS) is 12.0. The highest BCUT2D eigenvalue weighted by Gasteiger charge is 2.29. The molecule has 0 aliphatic heterocycles. The van der Waals surface area contributed by atoms with E-state index in [9.17, 15) is 14.7 Å². The van der Waals surface area contributed by atoms with Crippen LogP contribution in [0.3, 0.4) is 0 Å². The van der Waals surface area contributed by atoms with Gasteiger partial charge in [0.05, 0.1) is 17.9 Å². The summed E-state index contributed by atoms with van der Waals surface area (Å²) in [4.78, 5) is 23.9. The van der Waals surface area contributed by atoms with Gasteiger partial charge >= 0.3 is 12.1 Å². The average molecular weight is 447 g/mol. The molecule has 7 heteroatoms. The Hall–Kier alpha value is -3.84. The third-order valence-corrected chi connectivity index (χ3v) is 5.62. The Morgan fingerprint density at radius 3 is 2.21 bits per heavy atom. The summed E-state index contributed by atoms with van der Waals surface area (Å²) >= 11 is 0. The van der Waals surface area contributed by atoms with Crippen LogP contribution in [0.1, 0.15) is 40.2 Å². The number of carboxylic acids is 1. The number of aliphatic hydroxyl groups is 1. The molecule has 0 atom stereocenters. The lowest BCUT2D eigenvalue weighted by molar-refractivity contribution is 0.0696.